The number of carbonyl (C=O) groups is 1. The molecule has 2 aliphatic heterocycles. The fourth-order valence-corrected chi connectivity index (χ4v) is 7.81. The average Bonchev–Trinajstić information content (AvgIpc) is 3.51. The monoisotopic (exact) mass is 695 g/mol. The molecule has 1 aromatic heterocycles. The number of hydrogen-bond donors (Lipinski definition) is 1. The molecule has 0 saturated carbocycles. The number of benzene rings is 2. The molecule has 0 aliphatic carbocycles. The molecule has 3 heterocycles. The van der Waals surface area contributed by atoms with Gasteiger partial charge in [0.15, 0.2) is 12.3 Å². The first-order valence-corrected chi connectivity index (χ1v) is 18.8. The molecule has 1 fully saturated rings. The molecule has 7 nitrogen and oxygen atoms in total. The standard InChI is InChI=1S/C32H36Cl2N2O5S3/c1-22(17-30-35(11-4-15-44-38)26-19-23(33)5-7-28(26)40-30)18-31-36(27-20-24(34)6-8-29(27)41-31)12-9-32(37)39-25-10-16-42-13-2-3-14-43-21-25/h5-8,17-20,25H,2-4,9-16,21H2,1H3/p+1. The first-order chi connectivity index (χ1) is 21.4. The van der Waals surface area contributed by atoms with Crippen LogP contribution >= 0.6 is 58.8 Å². The molecular weight excluding hydrogens is 659 g/mol. The van der Waals surface area contributed by atoms with Crippen molar-refractivity contribution in [1.29, 1.82) is 0 Å². The number of oxazole rings is 1. The fourth-order valence-electron chi connectivity index (χ4n) is 5.11. The summed E-state index contributed by atoms with van der Waals surface area (Å²) in [4.78, 5) is 15.0. The molecule has 44 heavy (non-hydrogen) atoms. The predicted octanol–water partition coefficient (Wildman–Crippen LogP) is 8.72. The Kier molecular flexibility index (Phi) is 12.6. The number of hydrogen-bond acceptors (Lipinski definition) is 9. The lowest BCUT2D eigenvalue weighted by molar-refractivity contribution is -0.677. The lowest BCUT2D eigenvalue weighted by Crippen LogP contribution is -2.35. The van der Waals surface area contributed by atoms with Gasteiger partial charge in [0.05, 0.1) is 18.2 Å². The smallest absolute Gasteiger partial charge is 0.374 e. The van der Waals surface area contributed by atoms with E-state index in [4.69, 9.17) is 37.1 Å². The van der Waals surface area contributed by atoms with E-state index < -0.39 is 0 Å². The van der Waals surface area contributed by atoms with Crippen LogP contribution < -0.4 is 14.2 Å². The Hall–Kier alpha value is -1.95. The van der Waals surface area contributed by atoms with Crippen LogP contribution in [0.15, 0.2) is 58.3 Å². The number of aromatic nitrogens is 1. The quantitative estimate of drug-likeness (QED) is 0.0970. The number of esters is 1. The van der Waals surface area contributed by atoms with Crippen LogP contribution in [0.1, 0.15) is 44.9 Å². The van der Waals surface area contributed by atoms with E-state index in [2.05, 4.69) is 4.57 Å². The van der Waals surface area contributed by atoms with Crippen LogP contribution in [0.5, 0.6) is 5.75 Å². The zero-order chi connectivity index (χ0) is 30.9. The van der Waals surface area contributed by atoms with Gasteiger partial charge in [-0.25, -0.2) is 0 Å². The van der Waals surface area contributed by atoms with Crippen molar-refractivity contribution in [2.75, 3.05) is 40.2 Å². The minimum atomic E-state index is -0.206. The molecule has 3 aromatic rings. The maximum atomic E-state index is 13.0. The summed E-state index contributed by atoms with van der Waals surface area (Å²) in [7, 11) is 0. The topological polar surface area (TPSA) is 76.0 Å². The molecule has 2 aliphatic rings. The normalized spacial score (nSPS) is 18.8. The van der Waals surface area contributed by atoms with E-state index in [-0.39, 0.29) is 18.5 Å². The van der Waals surface area contributed by atoms with Gasteiger partial charge >= 0.3 is 11.9 Å². The highest BCUT2D eigenvalue weighted by molar-refractivity contribution is 7.99. The van der Waals surface area contributed by atoms with Crippen LogP contribution in [-0.2, 0) is 16.1 Å². The molecule has 2 aromatic carbocycles. The van der Waals surface area contributed by atoms with Gasteiger partial charge in [0.1, 0.15) is 6.10 Å². The maximum Gasteiger partial charge on any atom is 0.374 e. The maximum absolute atomic E-state index is 13.0. The zero-order valence-corrected chi connectivity index (χ0v) is 28.6. The number of halogens is 2. The molecule has 5 rings (SSSR count). The SMILES string of the molecule is CC(=Cc1oc2ccc(Cl)cc2[n+]1CCCSO)C=C1Oc2ccc(Cl)cc2N1CCC(=O)OC1CCSCCCCSC1. The van der Waals surface area contributed by atoms with E-state index in [0.717, 1.165) is 64.5 Å². The molecule has 1 unspecified atom stereocenters. The van der Waals surface area contributed by atoms with Crippen molar-refractivity contribution in [1.82, 2.24) is 0 Å². The molecule has 0 radical (unpaired) electrons. The molecule has 12 heteroatoms. The molecule has 1 N–H and O–H groups in total. The Morgan fingerprint density at radius 1 is 1.16 bits per heavy atom. The average molecular weight is 697 g/mol. The second kappa shape index (κ2) is 16.6. The number of anilines is 1. The summed E-state index contributed by atoms with van der Waals surface area (Å²) in [6, 6.07) is 11.0. The van der Waals surface area contributed by atoms with Crippen LogP contribution in [0.3, 0.4) is 0 Å². The zero-order valence-electron chi connectivity index (χ0n) is 24.6. The lowest BCUT2D eigenvalue weighted by atomic mass is 10.2. The van der Waals surface area contributed by atoms with Crippen molar-refractivity contribution in [3.05, 3.63) is 69.9 Å². The van der Waals surface area contributed by atoms with E-state index in [9.17, 15) is 9.35 Å². The Bertz CT molecular complexity index is 1500. The highest BCUT2D eigenvalue weighted by atomic mass is 35.5. The Balaban J connectivity index is 1.34. The second-order valence-electron chi connectivity index (χ2n) is 10.7. The van der Waals surface area contributed by atoms with Crippen LogP contribution in [0.25, 0.3) is 17.2 Å². The third-order valence-corrected chi connectivity index (χ3v) is 10.5. The summed E-state index contributed by atoms with van der Waals surface area (Å²) >= 11 is 17.3. The van der Waals surface area contributed by atoms with E-state index in [1.165, 1.54) is 18.6 Å². The highest BCUT2D eigenvalue weighted by Gasteiger charge is 2.28. The molecule has 0 bridgehead atoms. The first kappa shape index (κ1) is 33.4. The summed E-state index contributed by atoms with van der Waals surface area (Å²) in [5, 5.41) is 1.22. The molecule has 0 amide bonds. The van der Waals surface area contributed by atoms with Gasteiger partial charge in [-0.05, 0) is 91.4 Å². The van der Waals surface area contributed by atoms with Gasteiger partial charge in [0.25, 0.3) is 5.52 Å². The minimum Gasteiger partial charge on any atom is -0.461 e. The number of nitrogens with zero attached hydrogens (tertiary/aromatic N) is 2. The Morgan fingerprint density at radius 3 is 2.80 bits per heavy atom. The highest BCUT2D eigenvalue weighted by Crippen LogP contribution is 2.41. The summed E-state index contributed by atoms with van der Waals surface area (Å²) in [5.41, 5.74) is 3.31. The van der Waals surface area contributed by atoms with Gasteiger partial charge < -0.3 is 23.3 Å². The number of rotatable bonds is 10. The largest absolute Gasteiger partial charge is 0.461 e. The van der Waals surface area contributed by atoms with Crippen LogP contribution in [0.2, 0.25) is 10.0 Å². The van der Waals surface area contributed by atoms with Gasteiger partial charge in [-0.2, -0.15) is 28.1 Å². The molecule has 1 saturated heterocycles. The van der Waals surface area contributed by atoms with Crippen molar-refractivity contribution in [3.63, 3.8) is 0 Å². The lowest BCUT2D eigenvalue weighted by Gasteiger charge is -2.21. The minimum absolute atomic E-state index is 0.0591. The van der Waals surface area contributed by atoms with Crippen LogP contribution in [0, 0.1) is 0 Å². The third kappa shape index (κ3) is 9.07. The molecule has 236 valence electrons. The van der Waals surface area contributed by atoms with Gasteiger partial charge in [-0.15, -0.1) is 0 Å². The molecule has 0 spiro atoms. The van der Waals surface area contributed by atoms with Crippen LogP contribution in [-0.4, -0.2) is 51.9 Å². The Morgan fingerprint density at radius 2 is 1.95 bits per heavy atom. The van der Waals surface area contributed by atoms with Crippen molar-refractivity contribution < 1.29 is 27.8 Å². The summed E-state index contributed by atoms with van der Waals surface area (Å²) in [6.45, 7) is 3.02. The fraction of sp³-hybridized carbons (Fsp3) is 0.438. The number of allylic oxidation sites excluding steroid dienone is 2. The Labute approximate surface area is 281 Å². The van der Waals surface area contributed by atoms with Crippen LogP contribution in [0.4, 0.5) is 5.69 Å². The number of thioether (sulfide) groups is 2. The van der Waals surface area contributed by atoms with Gasteiger partial charge in [0.2, 0.25) is 11.5 Å². The molecule has 1 atom stereocenters. The van der Waals surface area contributed by atoms with Crippen molar-refractivity contribution in [3.8, 4) is 5.75 Å². The summed E-state index contributed by atoms with van der Waals surface area (Å²) < 4.78 is 29.7. The molecular formula is C32H37Cl2N2O5S3+. The first-order valence-electron chi connectivity index (χ1n) is 14.8. The van der Waals surface area contributed by atoms with E-state index >= 15 is 0 Å². The number of fused-ring (bicyclic) bond motifs is 2. The number of carbonyl (C=O) groups excluding carboxylic acids is 1. The van der Waals surface area contributed by atoms with E-state index in [0.29, 0.717) is 46.4 Å². The number of aryl methyl sites for hydroxylation is 1. The number of ether oxygens (including phenoxy) is 2. The van der Waals surface area contributed by atoms with Crippen molar-refractivity contribution in [2.24, 2.45) is 0 Å². The van der Waals surface area contributed by atoms with Gasteiger partial charge in [-0.1, -0.05) is 23.2 Å². The van der Waals surface area contributed by atoms with Crippen molar-refractivity contribution >= 4 is 87.6 Å². The summed E-state index contributed by atoms with van der Waals surface area (Å²) in [5.74, 6) is 6.49. The predicted molar refractivity (Wildman–Crippen MR) is 185 cm³/mol. The second-order valence-corrected chi connectivity index (χ2v) is 14.6. The third-order valence-electron chi connectivity index (χ3n) is 7.26. The van der Waals surface area contributed by atoms with Gasteiger partial charge in [0, 0.05) is 46.7 Å². The summed E-state index contributed by atoms with van der Waals surface area (Å²) in [6.07, 6.45) is 8.16. The van der Waals surface area contributed by atoms with Gasteiger partial charge in [-0.3, -0.25) is 4.79 Å². The van der Waals surface area contributed by atoms with E-state index in [1.807, 2.05) is 71.8 Å². The van der Waals surface area contributed by atoms with Crippen molar-refractivity contribution in [2.45, 2.75) is 51.7 Å². The van der Waals surface area contributed by atoms with E-state index in [1.54, 1.807) is 12.1 Å².